The van der Waals surface area contributed by atoms with Crippen molar-refractivity contribution < 1.29 is 18.6 Å². The molecule has 1 aliphatic rings. The lowest BCUT2D eigenvalue weighted by Crippen LogP contribution is -2.32. The average Bonchev–Trinajstić information content (AvgIpc) is 3.20. The molecule has 0 bridgehead atoms. The smallest absolute Gasteiger partial charge is 0.233 e. The van der Waals surface area contributed by atoms with Crippen LogP contribution in [0, 0.1) is 5.82 Å². The third-order valence-corrected chi connectivity index (χ3v) is 4.70. The second-order valence-electron chi connectivity index (χ2n) is 6.55. The summed E-state index contributed by atoms with van der Waals surface area (Å²) in [5.41, 5.74) is 1.25. The summed E-state index contributed by atoms with van der Waals surface area (Å²) in [5, 5.41) is 24.6. The van der Waals surface area contributed by atoms with E-state index in [1.165, 1.54) is 24.5 Å². The summed E-state index contributed by atoms with van der Waals surface area (Å²) in [6.45, 7) is 0. The molecule has 6 nitrogen and oxygen atoms in total. The van der Waals surface area contributed by atoms with Gasteiger partial charge in [0.2, 0.25) is 5.88 Å². The largest absolute Gasteiger partial charge is 0.507 e. The van der Waals surface area contributed by atoms with Crippen molar-refractivity contribution in [3.05, 3.63) is 42.5 Å². The zero-order chi connectivity index (χ0) is 18.8. The maximum atomic E-state index is 14.4. The number of rotatable bonds is 4. The number of aromatic hydroxyl groups is 1. The minimum Gasteiger partial charge on any atom is -0.507 e. The highest BCUT2D eigenvalue weighted by atomic mass is 19.1. The second-order valence-corrected chi connectivity index (χ2v) is 6.55. The summed E-state index contributed by atoms with van der Waals surface area (Å²) >= 11 is 0. The van der Waals surface area contributed by atoms with Gasteiger partial charge in [-0.05, 0) is 37.5 Å². The van der Waals surface area contributed by atoms with Crippen LogP contribution in [-0.2, 0) is 0 Å². The predicted molar refractivity (Wildman–Crippen MR) is 94.5 cm³/mol. The Balaban J connectivity index is 1.56. The molecule has 1 saturated carbocycles. The van der Waals surface area contributed by atoms with Gasteiger partial charge in [0, 0.05) is 29.0 Å². The first-order chi connectivity index (χ1) is 13.1. The van der Waals surface area contributed by atoms with Crippen LogP contribution in [0.4, 0.5) is 8.78 Å². The van der Waals surface area contributed by atoms with Crippen LogP contribution < -0.4 is 4.74 Å². The van der Waals surface area contributed by atoms with Gasteiger partial charge in [-0.25, -0.2) is 8.78 Å². The van der Waals surface area contributed by atoms with Gasteiger partial charge in [-0.3, -0.25) is 5.10 Å². The molecule has 0 unspecified atom stereocenters. The van der Waals surface area contributed by atoms with E-state index in [2.05, 4.69) is 20.4 Å². The molecule has 2 atom stereocenters. The molecule has 0 amide bonds. The quantitative estimate of drug-likeness (QED) is 0.722. The molecular formula is C19H18F2N4O2. The molecule has 1 aromatic carbocycles. The molecule has 1 fully saturated rings. The SMILES string of the molecule is Oc1cc(-c2cn[nH]c2)c(F)cc1-c1ccc(O[C@@H]2CCCC[C@@H]2F)nn1. The number of phenols is 1. The van der Waals surface area contributed by atoms with E-state index < -0.39 is 18.1 Å². The minimum atomic E-state index is -1.01. The van der Waals surface area contributed by atoms with Gasteiger partial charge in [-0.1, -0.05) is 6.42 Å². The van der Waals surface area contributed by atoms with E-state index in [-0.39, 0.29) is 28.5 Å². The number of ether oxygens (including phenoxy) is 1. The Hall–Kier alpha value is -3.03. The van der Waals surface area contributed by atoms with E-state index in [0.29, 0.717) is 18.4 Å². The number of aromatic amines is 1. The second kappa shape index (κ2) is 7.30. The van der Waals surface area contributed by atoms with Crippen molar-refractivity contribution in [1.82, 2.24) is 20.4 Å². The lowest BCUT2D eigenvalue weighted by Gasteiger charge is -2.25. The highest BCUT2D eigenvalue weighted by Gasteiger charge is 2.27. The number of halogens is 2. The third-order valence-electron chi connectivity index (χ3n) is 4.70. The van der Waals surface area contributed by atoms with Crippen molar-refractivity contribution in [2.75, 3.05) is 0 Å². The van der Waals surface area contributed by atoms with E-state index in [0.717, 1.165) is 12.8 Å². The van der Waals surface area contributed by atoms with E-state index in [1.54, 1.807) is 12.1 Å². The summed E-state index contributed by atoms with van der Waals surface area (Å²) in [4.78, 5) is 0. The molecule has 4 rings (SSSR count). The number of nitrogens with one attached hydrogen (secondary N) is 1. The Morgan fingerprint density at radius 2 is 1.96 bits per heavy atom. The zero-order valence-corrected chi connectivity index (χ0v) is 14.4. The van der Waals surface area contributed by atoms with Crippen LogP contribution in [0.3, 0.4) is 0 Å². The number of aromatic nitrogens is 4. The Labute approximate surface area is 154 Å². The maximum absolute atomic E-state index is 14.4. The highest BCUT2D eigenvalue weighted by molar-refractivity contribution is 5.74. The van der Waals surface area contributed by atoms with Crippen LogP contribution in [0.15, 0.2) is 36.7 Å². The number of hydrogen-bond acceptors (Lipinski definition) is 5. The molecule has 0 aliphatic heterocycles. The highest BCUT2D eigenvalue weighted by Crippen LogP contribution is 2.34. The van der Waals surface area contributed by atoms with Gasteiger partial charge in [0.05, 0.1) is 11.9 Å². The molecule has 3 aromatic rings. The fourth-order valence-corrected chi connectivity index (χ4v) is 3.25. The van der Waals surface area contributed by atoms with Crippen LogP contribution in [-0.4, -0.2) is 37.8 Å². The normalized spacial score (nSPS) is 19.8. The predicted octanol–water partition coefficient (Wildman–Crippen LogP) is 4.04. The van der Waals surface area contributed by atoms with Gasteiger partial charge < -0.3 is 9.84 Å². The Morgan fingerprint density at radius 3 is 2.67 bits per heavy atom. The van der Waals surface area contributed by atoms with Crippen LogP contribution in [0.5, 0.6) is 11.6 Å². The van der Waals surface area contributed by atoms with Gasteiger partial charge in [0.1, 0.15) is 23.8 Å². The third kappa shape index (κ3) is 3.60. The Morgan fingerprint density at radius 1 is 1.11 bits per heavy atom. The molecule has 27 heavy (non-hydrogen) atoms. The van der Waals surface area contributed by atoms with Crippen molar-refractivity contribution in [1.29, 1.82) is 0 Å². The molecule has 0 saturated heterocycles. The minimum absolute atomic E-state index is 0.133. The van der Waals surface area contributed by atoms with Crippen LogP contribution >= 0.6 is 0 Å². The number of nitrogens with zero attached hydrogens (tertiary/aromatic N) is 3. The van der Waals surface area contributed by atoms with Crippen LogP contribution in [0.2, 0.25) is 0 Å². The monoisotopic (exact) mass is 372 g/mol. The first kappa shape index (κ1) is 17.4. The van der Waals surface area contributed by atoms with E-state index in [1.807, 2.05) is 0 Å². The number of benzene rings is 1. The molecule has 0 spiro atoms. The maximum Gasteiger partial charge on any atom is 0.233 e. The molecular weight excluding hydrogens is 354 g/mol. The molecule has 140 valence electrons. The van der Waals surface area contributed by atoms with Crippen molar-refractivity contribution in [3.8, 4) is 34.0 Å². The first-order valence-corrected chi connectivity index (χ1v) is 8.78. The fraction of sp³-hybridized carbons (Fsp3) is 0.316. The Bertz CT molecular complexity index is 916. The molecule has 2 N–H and O–H groups in total. The fourth-order valence-electron chi connectivity index (χ4n) is 3.25. The summed E-state index contributed by atoms with van der Waals surface area (Å²) < 4.78 is 33.9. The van der Waals surface area contributed by atoms with Crippen LogP contribution in [0.1, 0.15) is 25.7 Å². The molecule has 1 aliphatic carbocycles. The number of phenolic OH excluding ortho intramolecular Hbond substituents is 1. The van der Waals surface area contributed by atoms with Gasteiger partial charge in [-0.2, -0.15) is 5.10 Å². The number of alkyl halides is 1. The summed E-state index contributed by atoms with van der Waals surface area (Å²) in [7, 11) is 0. The summed E-state index contributed by atoms with van der Waals surface area (Å²) in [6.07, 6.45) is 4.41. The van der Waals surface area contributed by atoms with E-state index >= 15 is 0 Å². The number of H-pyrrole nitrogens is 1. The average molecular weight is 372 g/mol. The first-order valence-electron chi connectivity index (χ1n) is 8.78. The lowest BCUT2D eigenvalue weighted by molar-refractivity contribution is 0.0594. The molecule has 8 heteroatoms. The van der Waals surface area contributed by atoms with Gasteiger partial charge in [0.15, 0.2) is 0 Å². The van der Waals surface area contributed by atoms with Gasteiger partial charge in [0.25, 0.3) is 0 Å². The number of hydrogen-bond donors (Lipinski definition) is 2. The zero-order valence-electron chi connectivity index (χ0n) is 14.4. The van der Waals surface area contributed by atoms with Crippen molar-refractivity contribution in [2.24, 2.45) is 0 Å². The molecule has 0 radical (unpaired) electrons. The molecule has 2 heterocycles. The summed E-state index contributed by atoms with van der Waals surface area (Å²) in [6, 6.07) is 5.62. The summed E-state index contributed by atoms with van der Waals surface area (Å²) in [5.74, 6) is -0.441. The van der Waals surface area contributed by atoms with Crippen LogP contribution in [0.25, 0.3) is 22.4 Å². The van der Waals surface area contributed by atoms with Gasteiger partial charge in [-0.15, -0.1) is 10.2 Å². The van der Waals surface area contributed by atoms with Crippen molar-refractivity contribution in [2.45, 2.75) is 38.0 Å². The Kier molecular flexibility index (Phi) is 4.70. The van der Waals surface area contributed by atoms with Crippen molar-refractivity contribution in [3.63, 3.8) is 0 Å². The lowest BCUT2D eigenvalue weighted by atomic mass is 9.96. The topological polar surface area (TPSA) is 83.9 Å². The standard InChI is InChI=1S/C19H18F2N4O2/c20-14-3-1-2-4-18(14)27-19-6-5-16(24-25-19)13-7-15(21)12(8-17(13)26)11-9-22-23-10-11/h5-10,14,18,26H,1-4H2,(H,22,23)/t14-,18+/m0/s1. The van der Waals surface area contributed by atoms with E-state index in [9.17, 15) is 13.9 Å². The van der Waals surface area contributed by atoms with Gasteiger partial charge >= 0.3 is 0 Å². The molecule has 2 aromatic heterocycles. The van der Waals surface area contributed by atoms with Crippen molar-refractivity contribution >= 4 is 0 Å². The van der Waals surface area contributed by atoms with E-state index in [4.69, 9.17) is 4.74 Å².